The number of nitrogens with zero attached hydrogens (tertiary/aromatic N) is 7. The summed E-state index contributed by atoms with van der Waals surface area (Å²) < 4.78 is 9.03. The van der Waals surface area contributed by atoms with Crippen LogP contribution in [0.25, 0.3) is 11.6 Å². The van der Waals surface area contributed by atoms with Gasteiger partial charge in [0.15, 0.2) is 0 Å². The van der Waals surface area contributed by atoms with Gasteiger partial charge in [-0.25, -0.2) is 9.97 Å². The largest absolute Gasteiger partial charge is 0.477 e. The van der Waals surface area contributed by atoms with Crippen molar-refractivity contribution in [2.24, 2.45) is 5.92 Å². The molecule has 0 fully saturated rings. The monoisotopic (exact) mass is 448 g/mol. The Bertz CT molecular complexity index is 1180. The van der Waals surface area contributed by atoms with E-state index in [1.54, 1.807) is 18.4 Å². The van der Waals surface area contributed by atoms with Crippen molar-refractivity contribution in [2.45, 2.75) is 34.6 Å². The third-order valence-electron chi connectivity index (χ3n) is 3.63. The van der Waals surface area contributed by atoms with Crippen LogP contribution in [-0.4, -0.2) is 45.8 Å². The Hall–Kier alpha value is -2.82. The first-order valence-corrected chi connectivity index (χ1v) is 9.47. The average molecular weight is 449 g/mol. The molecule has 0 radical (unpaired) electrons. The predicted molar refractivity (Wildman–Crippen MR) is 107 cm³/mol. The van der Waals surface area contributed by atoms with Crippen molar-refractivity contribution in [3.05, 3.63) is 44.4 Å². The van der Waals surface area contributed by atoms with Crippen LogP contribution in [0, 0.1) is 26.7 Å². The Morgan fingerprint density at radius 1 is 1.18 bits per heavy atom. The molecule has 0 spiro atoms. The van der Waals surface area contributed by atoms with Crippen molar-refractivity contribution in [3.8, 4) is 5.88 Å². The molecular formula is C17H21BrN8O2. The summed E-state index contributed by atoms with van der Waals surface area (Å²) in [7, 11) is 0. The van der Waals surface area contributed by atoms with Crippen LogP contribution in [0.3, 0.4) is 0 Å². The van der Waals surface area contributed by atoms with Gasteiger partial charge in [0.25, 0.3) is 17.1 Å². The summed E-state index contributed by atoms with van der Waals surface area (Å²) in [5.74, 6) is 2.83. The molecule has 1 N–H and O–H groups in total. The lowest BCUT2D eigenvalue weighted by atomic mass is 10.2. The molecule has 0 aliphatic carbocycles. The minimum atomic E-state index is -0.164. The van der Waals surface area contributed by atoms with E-state index >= 15 is 0 Å². The van der Waals surface area contributed by atoms with Gasteiger partial charge in [-0.3, -0.25) is 9.89 Å². The highest BCUT2D eigenvalue weighted by Gasteiger charge is 2.09. The number of hydrogen-bond acceptors (Lipinski definition) is 7. The highest BCUT2D eigenvalue weighted by atomic mass is 79.9. The third-order valence-corrected chi connectivity index (χ3v) is 4.54. The number of nitrogens with one attached hydrogen (secondary N) is 1. The zero-order valence-corrected chi connectivity index (χ0v) is 17.9. The van der Waals surface area contributed by atoms with Crippen LogP contribution >= 0.6 is 15.9 Å². The quantitative estimate of drug-likeness (QED) is 0.510. The molecule has 0 aliphatic heterocycles. The molecule has 0 saturated heterocycles. The molecule has 0 atom stereocenters. The number of aromatic nitrogens is 8. The molecule has 0 saturated carbocycles. The first kappa shape index (κ1) is 19.9. The number of ether oxygens (including phenoxy) is 1. The maximum Gasteiger partial charge on any atom is 0.288 e. The van der Waals surface area contributed by atoms with E-state index in [1.165, 1.54) is 10.8 Å². The summed E-state index contributed by atoms with van der Waals surface area (Å²) in [5, 5.41) is 6.85. The molecule has 0 bridgehead atoms. The number of rotatable bonds is 3. The fourth-order valence-corrected chi connectivity index (χ4v) is 2.62. The second-order valence-corrected chi connectivity index (χ2v) is 7.47. The number of H-pyrrole nitrogens is 1. The van der Waals surface area contributed by atoms with Gasteiger partial charge in [-0.2, -0.15) is 24.1 Å². The molecule has 28 heavy (non-hydrogen) atoms. The number of hydrogen-bond donors (Lipinski definition) is 1. The minimum absolute atomic E-state index is 0.164. The second-order valence-electron chi connectivity index (χ2n) is 6.67. The van der Waals surface area contributed by atoms with Crippen molar-refractivity contribution in [1.82, 2.24) is 39.2 Å². The van der Waals surface area contributed by atoms with E-state index in [0.29, 0.717) is 46.0 Å². The average Bonchev–Trinajstić information content (AvgIpc) is 3.24. The highest BCUT2D eigenvalue weighted by molar-refractivity contribution is 9.10. The van der Waals surface area contributed by atoms with E-state index in [4.69, 9.17) is 4.74 Å². The first-order valence-electron chi connectivity index (χ1n) is 8.68. The summed E-state index contributed by atoms with van der Waals surface area (Å²) in [5.41, 5.74) is 1.37. The van der Waals surface area contributed by atoms with E-state index in [-0.39, 0.29) is 5.56 Å². The van der Waals surface area contributed by atoms with Gasteiger partial charge in [-0.1, -0.05) is 13.8 Å². The van der Waals surface area contributed by atoms with Gasteiger partial charge in [0.2, 0.25) is 5.88 Å². The summed E-state index contributed by atoms with van der Waals surface area (Å²) in [6.07, 6.45) is 1.48. The van der Waals surface area contributed by atoms with Crippen LogP contribution in [0.15, 0.2) is 21.7 Å². The van der Waals surface area contributed by atoms with Crippen molar-refractivity contribution in [3.63, 3.8) is 0 Å². The fraction of sp³-hybridized carbons (Fsp3) is 0.412. The van der Waals surface area contributed by atoms with E-state index in [1.807, 2.05) is 13.0 Å². The normalized spacial score (nSPS) is 11.1. The molecule has 4 aromatic rings. The minimum Gasteiger partial charge on any atom is -0.477 e. The van der Waals surface area contributed by atoms with Gasteiger partial charge in [-0.05, 0) is 42.6 Å². The Kier molecular flexibility index (Phi) is 5.73. The van der Waals surface area contributed by atoms with Gasteiger partial charge in [0.1, 0.15) is 16.6 Å². The molecule has 0 aromatic carbocycles. The Morgan fingerprint density at radius 3 is 2.64 bits per heavy atom. The van der Waals surface area contributed by atoms with Crippen LogP contribution in [0.1, 0.15) is 31.1 Å². The fourth-order valence-electron chi connectivity index (χ4n) is 2.36. The first-order chi connectivity index (χ1) is 13.3. The summed E-state index contributed by atoms with van der Waals surface area (Å²) in [6.45, 7) is 10.3. The molecular weight excluding hydrogens is 428 g/mol. The topological polar surface area (TPSA) is 115 Å². The number of halogens is 1. The Balaban J connectivity index is 0.000000162. The molecule has 0 amide bonds. The van der Waals surface area contributed by atoms with E-state index in [0.717, 1.165) is 5.69 Å². The Labute approximate surface area is 169 Å². The molecule has 0 aliphatic rings. The lowest BCUT2D eigenvalue weighted by Gasteiger charge is -2.09. The molecule has 148 valence electrons. The van der Waals surface area contributed by atoms with Gasteiger partial charge < -0.3 is 4.74 Å². The van der Waals surface area contributed by atoms with Gasteiger partial charge in [-0.15, -0.1) is 0 Å². The molecule has 4 heterocycles. The standard InChI is InChI=1S/C10H14N4O.C7H7BrN4O/c1-7(2)5-15-9-4-8(3)13-10-11-6-12-14(9)10;1-3-5(8)6(13)12-7(9-3)10-4(2)11-12/h4,6-7H,5H2,1-3H3;1-2H3,(H,9,10,11). The van der Waals surface area contributed by atoms with Crippen LogP contribution in [0.5, 0.6) is 5.88 Å². The van der Waals surface area contributed by atoms with Gasteiger partial charge >= 0.3 is 0 Å². The van der Waals surface area contributed by atoms with Crippen LogP contribution < -0.4 is 10.3 Å². The van der Waals surface area contributed by atoms with Crippen LogP contribution in [0.2, 0.25) is 0 Å². The second kappa shape index (κ2) is 8.05. The molecule has 11 heteroatoms. The zero-order chi connectivity index (χ0) is 20.4. The highest BCUT2D eigenvalue weighted by Crippen LogP contribution is 2.13. The molecule has 4 aromatic heterocycles. The predicted octanol–water partition coefficient (Wildman–Crippen LogP) is 2.26. The Morgan fingerprint density at radius 2 is 1.93 bits per heavy atom. The lowest BCUT2D eigenvalue weighted by Crippen LogP contribution is -2.17. The number of fused-ring (bicyclic) bond motifs is 2. The number of aryl methyl sites for hydroxylation is 3. The SMILES string of the molecule is Cc1cc(OCC(C)C)n2ncnc2n1.Cc1nc2nc(C)c(Br)c(=O)n2[nH]1. The number of aromatic amines is 1. The van der Waals surface area contributed by atoms with E-state index in [9.17, 15) is 4.79 Å². The van der Waals surface area contributed by atoms with E-state index in [2.05, 4.69) is 59.9 Å². The van der Waals surface area contributed by atoms with Crippen LogP contribution in [0.4, 0.5) is 0 Å². The van der Waals surface area contributed by atoms with Gasteiger partial charge in [0.05, 0.1) is 12.3 Å². The molecule has 4 rings (SSSR count). The summed E-state index contributed by atoms with van der Waals surface area (Å²) in [4.78, 5) is 28.0. The smallest absolute Gasteiger partial charge is 0.288 e. The summed E-state index contributed by atoms with van der Waals surface area (Å²) in [6, 6.07) is 1.87. The molecule has 0 unspecified atom stereocenters. The maximum atomic E-state index is 11.6. The molecule has 10 nitrogen and oxygen atoms in total. The van der Waals surface area contributed by atoms with Crippen molar-refractivity contribution in [1.29, 1.82) is 0 Å². The third kappa shape index (κ3) is 4.19. The van der Waals surface area contributed by atoms with Crippen LogP contribution in [-0.2, 0) is 0 Å². The van der Waals surface area contributed by atoms with Crippen molar-refractivity contribution in [2.75, 3.05) is 6.61 Å². The van der Waals surface area contributed by atoms with E-state index < -0.39 is 0 Å². The zero-order valence-electron chi connectivity index (χ0n) is 16.3. The summed E-state index contributed by atoms with van der Waals surface area (Å²) >= 11 is 3.17. The van der Waals surface area contributed by atoms with Gasteiger partial charge in [0, 0.05) is 11.8 Å². The van der Waals surface area contributed by atoms with Crippen molar-refractivity contribution < 1.29 is 4.74 Å². The maximum absolute atomic E-state index is 11.6. The lowest BCUT2D eigenvalue weighted by molar-refractivity contribution is 0.254. The van der Waals surface area contributed by atoms with Crippen molar-refractivity contribution >= 4 is 27.5 Å².